The second-order valence-electron chi connectivity index (χ2n) is 5.38. The molecule has 0 aromatic heterocycles. The van der Waals surface area contributed by atoms with E-state index in [9.17, 15) is 4.79 Å². The summed E-state index contributed by atoms with van der Waals surface area (Å²) in [4.78, 5) is 12.4. The van der Waals surface area contributed by atoms with Gasteiger partial charge in [0.2, 0.25) is 0 Å². The van der Waals surface area contributed by atoms with Gasteiger partial charge in [0.25, 0.3) is 5.91 Å². The summed E-state index contributed by atoms with van der Waals surface area (Å²) in [5.41, 5.74) is 2.12. The molecule has 0 radical (unpaired) electrons. The summed E-state index contributed by atoms with van der Waals surface area (Å²) >= 11 is 6.16. The summed E-state index contributed by atoms with van der Waals surface area (Å²) in [7, 11) is 0. The number of ether oxygens (including phenoxy) is 1. The molecule has 0 unspecified atom stereocenters. The smallest absolute Gasteiger partial charge is 0.255 e. The molecule has 1 N–H and O–H groups in total. The zero-order chi connectivity index (χ0) is 16.9. The van der Waals surface area contributed by atoms with E-state index in [4.69, 9.17) is 16.3 Å². The van der Waals surface area contributed by atoms with Crippen LogP contribution in [0.3, 0.4) is 0 Å². The Morgan fingerprint density at radius 3 is 2.42 bits per heavy atom. The van der Waals surface area contributed by atoms with Gasteiger partial charge in [-0.2, -0.15) is 0 Å². The summed E-state index contributed by atoms with van der Waals surface area (Å²) in [5.74, 6) is 1.08. The normalized spacial score (nSPS) is 10.2. The number of carbonyl (C=O) groups excluding carboxylic acids is 1. The third kappa shape index (κ3) is 3.94. The molecule has 3 rings (SSSR count). The summed E-state index contributed by atoms with van der Waals surface area (Å²) in [6.45, 7) is 1.95. The number of carbonyl (C=O) groups is 1. The van der Waals surface area contributed by atoms with E-state index in [1.807, 2.05) is 55.5 Å². The summed E-state index contributed by atoms with van der Waals surface area (Å²) in [6.07, 6.45) is 0. The average molecular weight is 338 g/mol. The number of hydrogen-bond acceptors (Lipinski definition) is 2. The van der Waals surface area contributed by atoms with Crippen molar-refractivity contribution in [3.63, 3.8) is 0 Å². The van der Waals surface area contributed by atoms with Crippen LogP contribution in [0.15, 0.2) is 72.8 Å². The highest BCUT2D eigenvalue weighted by Gasteiger charge is 2.10. The number of anilines is 1. The molecule has 0 spiro atoms. The molecule has 0 saturated heterocycles. The topological polar surface area (TPSA) is 38.3 Å². The lowest BCUT2D eigenvalue weighted by Crippen LogP contribution is -2.12. The second-order valence-corrected chi connectivity index (χ2v) is 5.79. The summed E-state index contributed by atoms with van der Waals surface area (Å²) in [5, 5.41) is 3.33. The van der Waals surface area contributed by atoms with E-state index < -0.39 is 0 Å². The van der Waals surface area contributed by atoms with E-state index in [1.54, 1.807) is 24.3 Å². The molecule has 120 valence electrons. The second kappa shape index (κ2) is 7.20. The van der Waals surface area contributed by atoms with Crippen LogP contribution >= 0.6 is 11.6 Å². The zero-order valence-corrected chi connectivity index (χ0v) is 13.9. The Morgan fingerprint density at radius 2 is 1.67 bits per heavy atom. The molecule has 0 atom stereocenters. The average Bonchev–Trinajstić information content (AvgIpc) is 2.58. The number of hydrogen-bond donors (Lipinski definition) is 1. The maximum Gasteiger partial charge on any atom is 0.255 e. The molecule has 3 aromatic rings. The molecular weight excluding hydrogens is 322 g/mol. The van der Waals surface area contributed by atoms with Crippen molar-refractivity contribution in [2.45, 2.75) is 6.92 Å². The lowest BCUT2D eigenvalue weighted by molar-refractivity contribution is 0.102. The van der Waals surface area contributed by atoms with Gasteiger partial charge in [-0.05, 0) is 55.0 Å². The molecule has 0 aliphatic rings. The summed E-state index contributed by atoms with van der Waals surface area (Å²) < 4.78 is 5.75. The standard InChI is InChI=1S/C20H16ClNO2/c1-14-10-11-19(18(21)12-14)22-20(23)15-6-5-9-17(13-15)24-16-7-3-2-4-8-16/h2-13H,1H3,(H,22,23). The molecule has 3 aromatic carbocycles. The number of para-hydroxylation sites is 1. The van der Waals surface area contributed by atoms with Gasteiger partial charge in [0.1, 0.15) is 11.5 Å². The Morgan fingerprint density at radius 1 is 0.917 bits per heavy atom. The lowest BCUT2D eigenvalue weighted by Gasteiger charge is -2.10. The number of benzene rings is 3. The first-order valence-electron chi connectivity index (χ1n) is 7.52. The van der Waals surface area contributed by atoms with Crippen molar-refractivity contribution in [2.75, 3.05) is 5.32 Å². The first-order chi connectivity index (χ1) is 11.6. The predicted octanol–water partition coefficient (Wildman–Crippen LogP) is 5.69. The number of amides is 1. The van der Waals surface area contributed by atoms with Crippen LogP contribution < -0.4 is 10.1 Å². The monoisotopic (exact) mass is 337 g/mol. The van der Waals surface area contributed by atoms with Crippen LogP contribution in [0.1, 0.15) is 15.9 Å². The van der Waals surface area contributed by atoms with Crippen molar-refractivity contribution in [2.24, 2.45) is 0 Å². The highest BCUT2D eigenvalue weighted by atomic mass is 35.5. The molecule has 0 saturated carbocycles. The minimum atomic E-state index is -0.237. The Bertz CT molecular complexity index is 863. The third-order valence-corrected chi connectivity index (χ3v) is 3.76. The van der Waals surface area contributed by atoms with Crippen LogP contribution in [0, 0.1) is 6.92 Å². The Hall–Kier alpha value is -2.78. The van der Waals surface area contributed by atoms with Crippen molar-refractivity contribution >= 4 is 23.2 Å². The van der Waals surface area contributed by atoms with Crippen LogP contribution in [0.4, 0.5) is 5.69 Å². The number of halogens is 1. The maximum atomic E-state index is 12.4. The van der Waals surface area contributed by atoms with Crippen molar-refractivity contribution in [3.05, 3.63) is 88.9 Å². The SMILES string of the molecule is Cc1ccc(NC(=O)c2cccc(Oc3ccccc3)c2)c(Cl)c1. The van der Waals surface area contributed by atoms with E-state index in [1.165, 1.54) is 0 Å². The number of rotatable bonds is 4. The third-order valence-electron chi connectivity index (χ3n) is 3.45. The van der Waals surface area contributed by atoms with E-state index in [0.29, 0.717) is 22.0 Å². The molecule has 0 aliphatic carbocycles. The zero-order valence-electron chi connectivity index (χ0n) is 13.1. The lowest BCUT2D eigenvalue weighted by atomic mass is 10.2. The molecule has 0 bridgehead atoms. The van der Waals surface area contributed by atoms with Crippen LogP contribution in [0.2, 0.25) is 5.02 Å². The van der Waals surface area contributed by atoms with Crippen molar-refractivity contribution in [3.8, 4) is 11.5 Å². The van der Waals surface area contributed by atoms with Gasteiger partial charge in [-0.3, -0.25) is 4.79 Å². The fraction of sp³-hybridized carbons (Fsp3) is 0.0500. The minimum Gasteiger partial charge on any atom is -0.457 e. The van der Waals surface area contributed by atoms with Crippen LogP contribution in [0.5, 0.6) is 11.5 Å². The van der Waals surface area contributed by atoms with Gasteiger partial charge >= 0.3 is 0 Å². The Labute approximate surface area is 145 Å². The van der Waals surface area contributed by atoms with Crippen molar-refractivity contribution in [1.29, 1.82) is 0 Å². The van der Waals surface area contributed by atoms with E-state index >= 15 is 0 Å². The van der Waals surface area contributed by atoms with Gasteiger partial charge in [-0.25, -0.2) is 0 Å². The Kier molecular flexibility index (Phi) is 4.82. The molecule has 1 amide bonds. The summed E-state index contributed by atoms with van der Waals surface area (Å²) in [6, 6.07) is 21.9. The van der Waals surface area contributed by atoms with Gasteiger partial charge in [0.05, 0.1) is 10.7 Å². The van der Waals surface area contributed by atoms with E-state index in [2.05, 4.69) is 5.32 Å². The van der Waals surface area contributed by atoms with Crippen molar-refractivity contribution in [1.82, 2.24) is 0 Å². The van der Waals surface area contributed by atoms with E-state index in [-0.39, 0.29) is 5.91 Å². The molecule has 0 fully saturated rings. The fourth-order valence-electron chi connectivity index (χ4n) is 2.24. The molecule has 4 heteroatoms. The molecule has 0 aliphatic heterocycles. The number of aryl methyl sites for hydroxylation is 1. The van der Waals surface area contributed by atoms with Gasteiger partial charge in [-0.15, -0.1) is 0 Å². The molecule has 0 heterocycles. The number of nitrogens with one attached hydrogen (secondary N) is 1. The molecule has 3 nitrogen and oxygen atoms in total. The van der Waals surface area contributed by atoms with Gasteiger partial charge < -0.3 is 10.1 Å². The quantitative estimate of drug-likeness (QED) is 0.663. The largest absolute Gasteiger partial charge is 0.457 e. The van der Waals surface area contributed by atoms with Gasteiger partial charge in [0, 0.05) is 5.56 Å². The van der Waals surface area contributed by atoms with Gasteiger partial charge in [-0.1, -0.05) is 41.9 Å². The van der Waals surface area contributed by atoms with Crippen LogP contribution in [-0.2, 0) is 0 Å². The van der Waals surface area contributed by atoms with Crippen LogP contribution in [-0.4, -0.2) is 5.91 Å². The van der Waals surface area contributed by atoms with Crippen LogP contribution in [0.25, 0.3) is 0 Å². The maximum absolute atomic E-state index is 12.4. The minimum absolute atomic E-state index is 0.237. The van der Waals surface area contributed by atoms with E-state index in [0.717, 1.165) is 11.3 Å². The predicted molar refractivity (Wildman–Crippen MR) is 97.1 cm³/mol. The first-order valence-corrected chi connectivity index (χ1v) is 7.90. The van der Waals surface area contributed by atoms with Gasteiger partial charge in [0.15, 0.2) is 0 Å². The highest BCUT2D eigenvalue weighted by molar-refractivity contribution is 6.34. The Balaban J connectivity index is 1.77. The van der Waals surface area contributed by atoms with Crippen molar-refractivity contribution < 1.29 is 9.53 Å². The molecule has 24 heavy (non-hydrogen) atoms. The first kappa shape index (κ1) is 16.1. The molecular formula is C20H16ClNO2. The highest BCUT2D eigenvalue weighted by Crippen LogP contribution is 2.25. The fourth-order valence-corrected chi connectivity index (χ4v) is 2.52.